The second kappa shape index (κ2) is 3.15. The van der Waals surface area contributed by atoms with Gasteiger partial charge in [-0.3, -0.25) is 0 Å². The largest absolute Gasteiger partial charge is 0.0882 e. The quantitative estimate of drug-likeness (QED) is 0.493. The van der Waals surface area contributed by atoms with E-state index < -0.39 is 0 Å². The Bertz CT molecular complexity index is 216. The summed E-state index contributed by atoms with van der Waals surface area (Å²) in [4.78, 5) is 0. The van der Waals surface area contributed by atoms with Crippen molar-refractivity contribution in [2.24, 2.45) is 23.7 Å². The lowest BCUT2D eigenvalue weighted by Gasteiger charge is -2.41. The van der Waals surface area contributed by atoms with Gasteiger partial charge in [0.2, 0.25) is 0 Å². The summed E-state index contributed by atoms with van der Waals surface area (Å²) >= 11 is 0. The van der Waals surface area contributed by atoms with Gasteiger partial charge in [-0.25, -0.2) is 0 Å². The molecule has 2 fully saturated rings. The van der Waals surface area contributed by atoms with Crippen LogP contribution in [0, 0.1) is 23.7 Å². The Hall–Kier alpha value is -0.260. The maximum Gasteiger partial charge on any atom is -0.0317 e. The molecule has 0 aromatic carbocycles. The molecule has 0 nitrogen and oxygen atoms in total. The van der Waals surface area contributed by atoms with Gasteiger partial charge in [0.05, 0.1) is 0 Å². The van der Waals surface area contributed by atoms with E-state index in [-0.39, 0.29) is 0 Å². The van der Waals surface area contributed by atoms with Crippen molar-refractivity contribution in [1.29, 1.82) is 0 Å². The third-order valence-corrected chi connectivity index (χ3v) is 4.80. The Kier molecular flexibility index (Phi) is 1.96. The van der Waals surface area contributed by atoms with Crippen LogP contribution in [0.2, 0.25) is 0 Å². The van der Waals surface area contributed by atoms with Gasteiger partial charge >= 0.3 is 0 Å². The van der Waals surface area contributed by atoms with E-state index in [2.05, 4.69) is 12.2 Å². The van der Waals surface area contributed by atoms with Crippen LogP contribution >= 0.6 is 0 Å². The van der Waals surface area contributed by atoms with Crippen LogP contribution < -0.4 is 0 Å². The van der Waals surface area contributed by atoms with E-state index in [0.717, 1.165) is 23.7 Å². The Labute approximate surface area is 81.4 Å². The maximum absolute atomic E-state index is 2.45. The first-order chi connectivity index (χ1) is 6.45. The van der Waals surface area contributed by atoms with Gasteiger partial charge in [-0.05, 0) is 55.8 Å². The first-order valence-corrected chi connectivity index (χ1v) is 6.10. The predicted molar refractivity (Wildman–Crippen MR) is 55.4 cm³/mol. The standard InChI is InChI=1S/C13H20/c1-2-6-12-10(4-1)8-9-11-5-3-7-13(11)12/h1-2,10-13H,3-9H2. The smallest absolute Gasteiger partial charge is 0.0317 e. The van der Waals surface area contributed by atoms with E-state index in [4.69, 9.17) is 0 Å². The molecule has 0 spiro atoms. The summed E-state index contributed by atoms with van der Waals surface area (Å²) in [6.45, 7) is 0. The highest BCUT2D eigenvalue weighted by Crippen LogP contribution is 2.51. The fraction of sp³-hybridized carbons (Fsp3) is 0.846. The second-order valence-electron chi connectivity index (χ2n) is 5.30. The van der Waals surface area contributed by atoms with Gasteiger partial charge in [0.25, 0.3) is 0 Å². The first kappa shape index (κ1) is 8.08. The molecule has 0 amide bonds. The second-order valence-corrected chi connectivity index (χ2v) is 5.30. The minimum atomic E-state index is 1.07. The SMILES string of the molecule is C1=CCC2C(C1)CCC1CCCC12. The van der Waals surface area contributed by atoms with Gasteiger partial charge in [0.15, 0.2) is 0 Å². The van der Waals surface area contributed by atoms with E-state index in [9.17, 15) is 0 Å². The molecule has 0 bridgehead atoms. The van der Waals surface area contributed by atoms with E-state index in [1.54, 1.807) is 19.3 Å². The van der Waals surface area contributed by atoms with E-state index in [1.165, 1.54) is 25.7 Å². The molecule has 4 atom stereocenters. The van der Waals surface area contributed by atoms with Gasteiger partial charge < -0.3 is 0 Å². The van der Waals surface area contributed by atoms with Crippen LogP contribution in [-0.4, -0.2) is 0 Å². The molecule has 0 heterocycles. The molecule has 72 valence electrons. The van der Waals surface area contributed by atoms with Crippen molar-refractivity contribution in [3.63, 3.8) is 0 Å². The maximum atomic E-state index is 2.45. The van der Waals surface area contributed by atoms with Crippen LogP contribution in [0.1, 0.15) is 44.9 Å². The van der Waals surface area contributed by atoms with Crippen molar-refractivity contribution < 1.29 is 0 Å². The molecule has 3 aliphatic carbocycles. The molecule has 0 radical (unpaired) electrons. The van der Waals surface area contributed by atoms with Crippen LogP contribution in [0.4, 0.5) is 0 Å². The van der Waals surface area contributed by atoms with Crippen LogP contribution in [0.25, 0.3) is 0 Å². The molecule has 3 aliphatic rings. The van der Waals surface area contributed by atoms with Crippen LogP contribution in [-0.2, 0) is 0 Å². The van der Waals surface area contributed by atoms with E-state index >= 15 is 0 Å². The summed E-state index contributed by atoms with van der Waals surface area (Å²) < 4.78 is 0. The molecule has 0 aliphatic heterocycles. The lowest BCUT2D eigenvalue weighted by molar-refractivity contribution is 0.109. The average Bonchev–Trinajstić information content (AvgIpc) is 2.65. The first-order valence-electron chi connectivity index (χ1n) is 6.10. The topological polar surface area (TPSA) is 0 Å². The van der Waals surface area contributed by atoms with Gasteiger partial charge in [0.1, 0.15) is 0 Å². The van der Waals surface area contributed by atoms with Crippen LogP contribution in [0.5, 0.6) is 0 Å². The average molecular weight is 176 g/mol. The van der Waals surface area contributed by atoms with Crippen LogP contribution in [0.3, 0.4) is 0 Å². The van der Waals surface area contributed by atoms with Gasteiger partial charge in [-0.2, -0.15) is 0 Å². The van der Waals surface area contributed by atoms with Crippen molar-refractivity contribution in [3.05, 3.63) is 12.2 Å². The highest BCUT2D eigenvalue weighted by Gasteiger charge is 2.41. The molecule has 4 unspecified atom stereocenters. The molecule has 0 N–H and O–H groups in total. The number of hydrogen-bond acceptors (Lipinski definition) is 0. The Morgan fingerprint density at radius 3 is 2.54 bits per heavy atom. The number of rotatable bonds is 0. The minimum absolute atomic E-state index is 1.07. The fourth-order valence-corrected chi connectivity index (χ4v) is 4.16. The minimum Gasteiger partial charge on any atom is -0.0882 e. The predicted octanol–water partition coefficient (Wildman–Crippen LogP) is 3.78. The molecule has 0 heteroatoms. The molecule has 0 aromatic heterocycles. The fourth-order valence-electron chi connectivity index (χ4n) is 4.16. The van der Waals surface area contributed by atoms with Crippen molar-refractivity contribution in [2.75, 3.05) is 0 Å². The van der Waals surface area contributed by atoms with E-state index in [1.807, 2.05) is 0 Å². The molecule has 0 aromatic rings. The highest BCUT2D eigenvalue weighted by molar-refractivity contribution is 5.01. The van der Waals surface area contributed by atoms with Crippen molar-refractivity contribution in [1.82, 2.24) is 0 Å². The third-order valence-electron chi connectivity index (χ3n) is 4.80. The Balaban J connectivity index is 1.81. The molecular weight excluding hydrogens is 156 g/mol. The number of allylic oxidation sites excluding steroid dienone is 2. The summed E-state index contributed by atoms with van der Waals surface area (Å²) in [5.74, 6) is 4.42. The summed E-state index contributed by atoms with van der Waals surface area (Å²) in [5, 5.41) is 0. The van der Waals surface area contributed by atoms with Gasteiger partial charge in [-0.15, -0.1) is 0 Å². The molecule has 13 heavy (non-hydrogen) atoms. The molecule has 0 saturated heterocycles. The number of hydrogen-bond donors (Lipinski definition) is 0. The van der Waals surface area contributed by atoms with Crippen molar-refractivity contribution in [3.8, 4) is 0 Å². The Morgan fingerprint density at radius 1 is 0.692 bits per heavy atom. The van der Waals surface area contributed by atoms with Crippen molar-refractivity contribution >= 4 is 0 Å². The summed E-state index contributed by atoms with van der Waals surface area (Å²) in [7, 11) is 0. The lowest BCUT2D eigenvalue weighted by Crippen LogP contribution is -2.32. The summed E-state index contributed by atoms with van der Waals surface area (Å²) in [6.07, 6.45) is 15.4. The van der Waals surface area contributed by atoms with Crippen LogP contribution in [0.15, 0.2) is 12.2 Å². The monoisotopic (exact) mass is 176 g/mol. The van der Waals surface area contributed by atoms with Gasteiger partial charge in [0, 0.05) is 0 Å². The molecule has 3 rings (SSSR count). The van der Waals surface area contributed by atoms with Crippen molar-refractivity contribution in [2.45, 2.75) is 44.9 Å². The zero-order chi connectivity index (χ0) is 8.67. The molecule has 2 saturated carbocycles. The third kappa shape index (κ3) is 1.26. The number of fused-ring (bicyclic) bond motifs is 3. The molecular formula is C13H20. The summed E-state index contributed by atoms with van der Waals surface area (Å²) in [6, 6.07) is 0. The lowest BCUT2D eigenvalue weighted by atomic mass is 9.64. The highest BCUT2D eigenvalue weighted by atomic mass is 14.5. The Morgan fingerprint density at radius 2 is 1.54 bits per heavy atom. The zero-order valence-corrected chi connectivity index (χ0v) is 8.41. The zero-order valence-electron chi connectivity index (χ0n) is 8.41. The summed E-state index contributed by atoms with van der Waals surface area (Å²) in [5.41, 5.74) is 0. The van der Waals surface area contributed by atoms with Gasteiger partial charge in [-0.1, -0.05) is 25.0 Å². The normalized spacial score (nSPS) is 48.6. The van der Waals surface area contributed by atoms with E-state index in [0.29, 0.717) is 0 Å².